The molecule has 1 N–H and O–H groups in total. The average molecular weight is 311 g/mol. The maximum absolute atomic E-state index is 12.1. The number of halogens is 1. The van der Waals surface area contributed by atoms with E-state index in [0.717, 1.165) is 23.1 Å². The summed E-state index contributed by atoms with van der Waals surface area (Å²) < 4.78 is 0. The molecule has 22 heavy (non-hydrogen) atoms. The predicted molar refractivity (Wildman–Crippen MR) is 90.1 cm³/mol. The molecule has 0 unspecified atom stereocenters. The second-order valence-electron chi connectivity index (χ2n) is 5.03. The van der Waals surface area contributed by atoms with Gasteiger partial charge in [0.05, 0.1) is 16.2 Å². The molecule has 0 aliphatic heterocycles. The van der Waals surface area contributed by atoms with Gasteiger partial charge in [-0.3, -0.25) is 9.78 Å². The van der Waals surface area contributed by atoms with Crippen LogP contribution < -0.4 is 5.32 Å². The van der Waals surface area contributed by atoms with Crippen LogP contribution in [0.1, 0.15) is 12.0 Å². The molecule has 0 saturated heterocycles. The maximum atomic E-state index is 12.1. The first kappa shape index (κ1) is 14.5. The number of nitrogens with zero attached hydrogens (tertiary/aromatic N) is 1. The van der Waals surface area contributed by atoms with Crippen LogP contribution in [0.2, 0.25) is 5.02 Å². The van der Waals surface area contributed by atoms with Gasteiger partial charge in [-0.05, 0) is 24.1 Å². The number of hydrogen-bond donors (Lipinski definition) is 1. The fourth-order valence-corrected chi connectivity index (χ4v) is 2.59. The van der Waals surface area contributed by atoms with Crippen molar-refractivity contribution in [2.45, 2.75) is 12.8 Å². The molecule has 1 heterocycles. The molecule has 3 aromatic rings. The fraction of sp³-hybridized carbons (Fsp3) is 0.111. The van der Waals surface area contributed by atoms with E-state index < -0.39 is 0 Å². The Morgan fingerprint density at radius 2 is 1.86 bits per heavy atom. The highest BCUT2D eigenvalue weighted by Gasteiger charge is 2.08. The molecule has 1 amide bonds. The maximum Gasteiger partial charge on any atom is 0.224 e. The Hall–Kier alpha value is -2.39. The summed E-state index contributed by atoms with van der Waals surface area (Å²) in [6.07, 6.45) is 2.81. The molecule has 0 aliphatic rings. The molecule has 0 aliphatic carbocycles. The minimum Gasteiger partial charge on any atom is -0.325 e. The van der Waals surface area contributed by atoms with E-state index >= 15 is 0 Å². The van der Waals surface area contributed by atoms with Gasteiger partial charge in [0.15, 0.2) is 0 Å². The van der Waals surface area contributed by atoms with E-state index in [1.165, 1.54) is 0 Å². The monoisotopic (exact) mass is 310 g/mol. The molecule has 0 radical (unpaired) electrons. The Bertz CT molecular complexity index is 803. The van der Waals surface area contributed by atoms with Crippen LogP contribution in [0.4, 0.5) is 5.69 Å². The summed E-state index contributed by atoms with van der Waals surface area (Å²) in [6.45, 7) is 0. The Morgan fingerprint density at radius 3 is 2.68 bits per heavy atom. The van der Waals surface area contributed by atoms with Gasteiger partial charge in [-0.25, -0.2) is 0 Å². The summed E-state index contributed by atoms with van der Waals surface area (Å²) in [6, 6.07) is 17.3. The Kier molecular flexibility index (Phi) is 4.35. The number of rotatable bonds is 4. The zero-order valence-corrected chi connectivity index (χ0v) is 12.7. The SMILES string of the molecule is O=C(CCc1ccccc1)Nc1ccnc2c(Cl)cccc12. The summed E-state index contributed by atoms with van der Waals surface area (Å²) in [5.41, 5.74) is 2.59. The van der Waals surface area contributed by atoms with Crippen LogP contribution >= 0.6 is 11.6 Å². The molecule has 0 bridgehead atoms. The number of hydrogen-bond acceptors (Lipinski definition) is 2. The number of fused-ring (bicyclic) bond motifs is 1. The molecule has 4 heteroatoms. The zero-order chi connectivity index (χ0) is 15.4. The third kappa shape index (κ3) is 3.26. The fourth-order valence-electron chi connectivity index (χ4n) is 2.36. The van der Waals surface area contributed by atoms with Crippen molar-refractivity contribution in [2.24, 2.45) is 0 Å². The van der Waals surface area contributed by atoms with E-state index in [4.69, 9.17) is 11.6 Å². The number of aromatic nitrogens is 1. The van der Waals surface area contributed by atoms with Crippen LogP contribution in [0.15, 0.2) is 60.8 Å². The first-order valence-electron chi connectivity index (χ1n) is 7.11. The quantitative estimate of drug-likeness (QED) is 0.773. The number of carbonyl (C=O) groups excluding carboxylic acids is 1. The van der Waals surface area contributed by atoms with Gasteiger partial charge < -0.3 is 5.32 Å². The van der Waals surface area contributed by atoms with E-state index in [1.54, 1.807) is 18.3 Å². The first-order chi connectivity index (χ1) is 10.7. The summed E-state index contributed by atoms with van der Waals surface area (Å²) >= 11 is 6.13. The van der Waals surface area contributed by atoms with Crippen LogP contribution in [-0.4, -0.2) is 10.9 Å². The summed E-state index contributed by atoms with van der Waals surface area (Å²) in [5.74, 6) is -0.0173. The van der Waals surface area contributed by atoms with Crippen molar-refractivity contribution in [2.75, 3.05) is 5.32 Å². The third-order valence-corrected chi connectivity index (χ3v) is 3.78. The van der Waals surface area contributed by atoms with Crippen molar-refractivity contribution >= 4 is 34.1 Å². The minimum absolute atomic E-state index is 0.0173. The standard InChI is InChI=1S/C18H15ClN2O/c19-15-8-4-7-14-16(11-12-20-18(14)15)21-17(22)10-9-13-5-2-1-3-6-13/h1-8,11-12H,9-10H2,(H,20,21,22). The molecular weight excluding hydrogens is 296 g/mol. The molecule has 0 fully saturated rings. The van der Waals surface area contributed by atoms with Crippen molar-refractivity contribution in [3.8, 4) is 0 Å². The van der Waals surface area contributed by atoms with E-state index in [-0.39, 0.29) is 5.91 Å². The largest absolute Gasteiger partial charge is 0.325 e. The lowest BCUT2D eigenvalue weighted by Gasteiger charge is -2.09. The number of benzene rings is 2. The second-order valence-corrected chi connectivity index (χ2v) is 5.44. The number of anilines is 1. The van der Waals surface area contributed by atoms with E-state index in [2.05, 4.69) is 10.3 Å². The number of para-hydroxylation sites is 1. The topological polar surface area (TPSA) is 42.0 Å². The van der Waals surface area contributed by atoms with Crippen LogP contribution in [0.25, 0.3) is 10.9 Å². The van der Waals surface area contributed by atoms with E-state index in [0.29, 0.717) is 17.0 Å². The van der Waals surface area contributed by atoms with Crippen molar-refractivity contribution in [3.05, 3.63) is 71.4 Å². The molecule has 0 saturated carbocycles. The normalized spacial score (nSPS) is 10.6. The molecule has 2 aromatic carbocycles. The highest BCUT2D eigenvalue weighted by molar-refractivity contribution is 6.35. The minimum atomic E-state index is -0.0173. The Morgan fingerprint density at radius 1 is 1.05 bits per heavy atom. The summed E-state index contributed by atoms with van der Waals surface area (Å²) in [4.78, 5) is 16.4. The van der Waals surface area contributed by atoms with Gasteiger partial charge in [-0.1, -0.05) is 54.1 Å². The number of carbonyl (C=O) groups is 1. The van der Waals surface area contributed by atoms with Crippen molar-refractivity contribution in [1.82, 2.24) is 4.98 Å². The van der Waals surface area contributed by atoms with Crippen LogP contribution in [0.5, 0.6) is 0 Å². The third-order valence-electron chi connectivity index (χ3n) is 3.48. The van der Waals surface area contributed by atoms with Crippen molar-refractivity contribution in [1.29, 1.82) is 0 Å². The highest BCUT2D eigenvalue weighted by Crippen LogP contribution is 2.27. The van der Waals surface area contributed by atoms with E-state index in [9.17, 15) is 4.79 Å². The van der Waals surface area contributed by atoms with Gasteiger partial charge in [0.25, 0.3) is 0 Å². The number of amides is 1. The molecule has 0 atom stereocenters. The molecule has 1 aromatic heterocycles. The van der Waals surface area contributed by atoms with Crippen molar-refractivity contribution in [3.63, 3.8) is 0 Å². The first-order valence-corrected chi connectivity index (χ1v) is 7.49. The lowest BCUT2D eigenvalue weighted by atomic mass is 10.1. The Labute approximate surface area is 133 Å². The average Bonchev–Trinajstić information content (AvgIpc) is 2.55. The van der Waals surface area contributed by atoms with Gasteiger partial charge in [-0.2, -0.15) is 0 Å². The van der Waals surface area contributed by atoms with Crippen LogP contribution in [-0.2, 0) is 11.2 Å². The van der Waals surface area contributed by atoms with Crippen LogP contribution in [0, 0.1) is 0 Å². The smallest absolute Gasteiger partial charge is 0.224 e. The van der Waals surface area contributed by atoms with Gasteiger partial charge >= 0.3 is 0 Å². The number of aryl methyl sites for hydroxylation is 1. The van der Waals surface area contributed by atoms with E-state index in [1.807, 2.05) is 42.5 Å². The van der Waals surface area contributed by atoms with Crippen LogP contribution in [0.3, 0.4) is 0 Å². The van der Waals surface area contributed by atoms with Gasteiger partial charge in [0.2, 0.25) is 5.91 Å². The molecule has 110 valence electrons. The van der Waals surface area contributed by atoms with Gasteiger partial charge in [0.1, 0.15) is 0 Å². The lowest BCUT2D eigenvalue weighted by Crippen LogP contribution is -2.12. The van der Waals surface area contributed by atoms with Crippen molar-refractivity contribution < 1.29 is 4.79 Å². The summed E-state index contributed by atoms with van der Waals surface area (Å²) in [7, 11) is 0. The second kappa shape index (κ2) is 6.58. The predicted octanol–water partition coefficient (Wildman–Crippen LogP) is 4.46. The number of nitrogens with one attached hydrogen (secondary N) is 1. The molecule has 0 spiro atoms. The zero-order valence-electron chi connectivity index (χ0n) is 11.9. The highest BCUT2D eigenvalue weighted by atomic mass is 35.5. The molecular formula is C18H15ClN2O. The lowest BCUT2D eigenvalue weighted by molar-refractivity contribution is -0.116. The molecule has 3 nitrogen and oxygen atoms in total. The summed E-state index contributed by atoms with van der Waals surface area (Å²) in [5, 5.41) is 4.38. The van der Waals surface area contributed by atoms with Gasteiger partial charge in [0, 0.05) is 18.0 Å². The number of pyridine rings is 1. The van der Waals surface area contributed by atoms with Gasteiger partial charge in [-0.15, -0.1) is 0 Å². The Balaban J connectivity index is 1.73. The molecule has 3 rings (SSSR count).